The second kappa shape index (κ2) is 6.37. The van der Waals surface area contributed by atoms with Gasteiger partial charge in [0.05, 0.1) is 6.26 Å². The maximum absolute atomic E-state index is 11.9. The summed E-state index contributed by atoms with van der Waals surface area (Å²) >= 11 is 0. The molecule has 1 aromatic heterocycles. The van der Waals surface area contributed by atoms with Crippen molar-refractivity contribution in [2.75, 3.05) is 0 Å². The molecular weight excluding hydrogens is 346 g/mol. The lowest BCUT2D eigenvalue weighted by Gasteiger charge is -2.59. The summed E-state index contributed by atoms with van der Waals surface area (Å²) in [6, 6.07) is 4.36. The first-order valence-electron chi connectivity index (χ1n) is 11.1. The number of hydrogen-bond acceptors (Lipinski definition) is 2. The smallest absolute Gasteiger partial charge is 0.243 e. The molecule has 3 heteroatoms. The number of fused-ring (bicyclic) bond motifs is 5. The first-order valence-corrected chi connectivity index (χ1v) is 11.1. The van der Waals surface area contributed by atoms with Crippen molar-refractivity contribution in [1.29, 1.82) is 0 Å². The zero-order chi connectivity index (χ0) is 19.5. The van der Waals surface area contributed by atoms with Gasteiger partial charge in [-0.3, -0.25) is 4.79 Å². The highest BCUT2D eigenvalue weighted by Crippen LogP contribution is 2.66. The minimum absolute atomic E-state index is 0.0983. The average Bonchev–Trinajstić information content (AvgIpc) is 3.29. The molecule has 1 N–H and O–H groups in total. The van der Waals surface area contributed by atoms with Crippen molar-refractivity contribution < 1.29 is 9.21 Å². The summed E-state index contributed by atoms with van der Waals surface area (Å²) in [6.07, 6.45) is 15.7. The Morgan fingerprint density at radius 2 is 2.04 bits per heavy atom. The van der Waals surface area contributed by atoms with Gasteiger partial charge in [0, 0.05) is 11.5 Å². The van der Waals surface area contributed by atoms with Crippen molar-refractivity contribution in [3.63, 3.8) is 0 Å². The minimum Gasteiger partial charge on any atom is -0.465 e. The van der Waals surface area contributed by atoms with Gasteiger partial charge in [0.15, 0.2) is 0 Å². The van der Waals surface area contributed by atoms with E-state index < -0.39 is 0 Å². The van der Waals surface area contributed by atoms with Crippen LogP contribution >= 0.6 is 0 Å². The molecule has 0 spiro atoms. The molecule has 150 valence electrons. The molecule has 2 heterocycles. The van der Waals surface area contributed by atoms with E-state index in [0.717, 1.165) is 24.0 Å². The van der Waals surface area contributed by atoms with Gasteiger partial charge in [0.1, 0.15) is 5.76 Å². The number of nitrogens with one attached hydrogen (secondary N) is 1. The SMILES string of the molecule is C/C(=C\c1ccco1)[C@H]1CC[C@H]2[C@@H]3CC[C@H]4NC(=O)C=C[C@]4(C)[C@H]3CC[C@]12C. The molecule has 0 unspecified atom stereocenters. The summed E-state index contributed by atoms with van der Waals surface area (Å²) in [5, 5.41) is 3.27. The summed E-state index contributed by atoms with van der Waals surface area (Å²) in [6.45, 7) is 7.28. The molecule has 7 atom stereocenters. The molecule has 3 saturated carbocycles. The third-order valence-corrected chi connectivity index (χ3v) is 9.15. The number of allylic oxidation sites excluding steroid dienone is 1. The van der Waals surface area contributed by atoms with E-state index in [1.807, 2.05) is 6.07 Å². The molecule has 0 aromatic carbocycles. The Kier molecular flexibility index (Phi) is 4.16. The molecular formula is C25H33NO2. The molecule has 1 amide bonds. The quantitative estimate of drug-likeness (QED) is 0.727. The fraction of sp³-hybridized carbons (Fsp3) is 0.640. The van der Waals surface area contributed by atoms with Crippen LogP contribution in [-0.4, -0.2) is 11.9 Å². The Bertz CT molecular complexity index is 822. The van der Waals surface area contributed by atoms with Gasteiger partial charge in [-0.05, 0) is 98.8 Å². The number of carbonyl (C=O) groups is 1. The molecule has 0 saturated heterocycles. The van der Waals surface area contributed by atoms with Gasteiger partial charge in [-0.25, -0.2) is 0 Å². The zero-order valence-electron chi connectivity index (χ0n) is 17.4. The van der Waals surface area contributed by atoms with E-state index >= 15 is 0 Å². The van der Waals surface area contributed by atoms with Crippen LogP contribution in [0.3, 0.4) is 0 Å². The highest BCUT2D eigenvalue weighted by Gasteiger charge is 2.59. The second-order valence-electron chi connectivity index (χ2n) is 10.3. The summed E-state index contributed by atoms with van der Waals surface area (Å²) in [5.41, 5.74) is 2.03. The van der Waals surface area contributed by atoms with E-state index in [0.29, 0.717) is 23.3 Å². The van der Waals surface area contributed by atoms with Crippen LogP contribution < -0.4 is 5.32 Å². The summed E-state index contributed by atoms with van der Waals surface area (Å²) < 4.78 is 5.58. The van der Waals surface area contributed by atoms with E-state index in [1.165, 1.54) is 37.7 Å². The van der Waals surface area contributed by atoms with Crippen LogP contribution in [0.25, 0.3) is 6.08 Å². The van der Waals surface area contributed by atoms with Crippen molar-refractivity contribution in [2.45, 2.75) is 65.3 Å². The van der Waals surface area contributed by atoms with Gasteiger partial charge in [-0.2, -0.15) is 0 Å². The van der Waals surface area contributed by atoms with Crippen molar-refractivity contribution in [1.82, 2.24) is 5.32 Å². The Balaban J connectivity index is 1.43. The van der Waals surface area contributed by atoms with Crippen molar-refractivity contribution in [2.24, 2.45) is 34.5 Å². The van der Waals surface area contributed by atoms with Crippen molar-refractivity contribution in [3.8, 4) is 0 Å². The van der Waals surface area contributed by atoms with Crippen molar-refractivity contribution >= 4 is 12.0 Å². The summed E-state index contributed by atoms with van der Waals surface area (Å²) in [5.74, 6) is 4.04. The highest BCUT2D eigenvalue weighted by molar-refractivity contribution is 5.89. The maximum Gasteiger partial charge on any atom is 0.243 e. The fourth-order valence-corrected chi connectivity index (χ4v) is 7.78. The molecule has 0 bridgehead atoms. The zero-order valence-corrected chi connectivity index (χ0v) is 17.4. The first kappa shape index (κ1) is 18.3. The Labute approximate surface area is 168 Å². The summed E-state index contributed by atoms with van der Waals surface area (Å²) in [7, 11) is 0. The first-order chi connectivity index (χ1) is 13.4. The van der Waals surface area contributed by atoms with Crippen LogP contribution in [0, 0.1) is 34.5 Å². The lowest BCUT2D eigenvalue weighted by molar-refractivity contribution is -0.122. The van der Waals surface area contributed by atoms with Crippen LogP contribution in [0.1, 0.15) is 65.1 Å². The molecule has 3 nitrogen and oxygen atoms in total. The Morgan fingerprint density at radius 1 is 1.18 bits per heavy atom. The molecule has 3 aliphatic carbocycles. The van der Waals surface area contributed by atoms with Crippen molar-refractivity contribution in [3.05, 3.63) is 41.9 Å². The lowest BCUT2D eigenvalue weighted by atomic mass is 9.47. The fourth-order valence-electron chi connectivity index (χ4n) is 7.78. The maximum atomic E-state index is 11.9. The highest BCUT2D eigenvalue weighted by atomic mass is 16.3. The van der Waals surface area contributed by atoms with E-state index in [-0.39, 0.29) is 11.3 Å². The normalized spacial score (nSPS) is 45.2. The molecule has 5 rings (SSSR count). The van der Waals surface area contributed by atoms with Gasteiger partial charge in [0.25, 0.3) is 0 Å². The average molecular weight is 380 g/mol. The van der Waals surface area contributed by atoms with E-state index in [9.17, 15) is 4.79 Å². The number of rotatable bonds is 2. The van der Waals surface area contributed by atoms with Gasteiger partial charge in [0.2, 0.25) is 5.91 Å². The second-order valence-corrected chi connectivity index (χ2v) is 10.3. The van der Waals surface area contributed by atoms with Gasteiger partial charge >= 0.3 is 0 Å². The van der Waals surface area contributed by atoms with Crippen LogP contribution in [-0.2, 0) is 4.79 Å². The van der Waals surface area contributed by atoms with E-state index in [4.69, 9.17) is 4.42 Å². The molecule has 1 aromatic rings. The van der Waals surface area contributed by atoms with Crippen LogP contribution in [0.4, 0.5) is 0 Å². The van der Waals surface area contributed by atoms with Crippen LogP contribution in [0.5, 0.6) is 0 Å². The number of furan rings is 1. The molecule has 4 aliphatic rings. The third-order valence-electron chi connectivity index (χ3n) is 9.15. The van der Waals surface area contributed by atoms with Crippen LogP contribution in [0.2, 0.25) is 0 Å². The topological polar surface area (TPSA) is 42.2 Å². The number of amides is 1. The van der Waals surface area contributed by atoms with Crippen LogP contribution in [0.15, 0.2) is 40.5 Å². The predicted octanol–water partition coefficient (Wildman–Crippen LogP) is 5.60. The molecule has 3 fully saturated rings. The van der Waals surface area contributed by atoms with Gasteiger partial charge in [-0.15, -0.1) is 0 Å². The largest absolute Gasteiger partial charge is 0.465 e. The molecule has 1 aliphatic heterocycles. The Hall–Kier alpha value is -1.77. The molecule has 0 radical (unpaired) electrons. The van der Waals surface area contributed by atoms with Gasteiger partial charge in [-0.1, -0.05) is 25.5 Å². The van der Waals surface area contributed by atoms with Gasteiger partial charge < -0.3 is 9.73 Å². The monoisotopic (exact) mass is 379 g/mol. The lowest BCUT2D eigenvalue weighted by Crippen LogP contribution is -2.59. The van der Waals surface area contributed by atoms with E-state index in [2.05, 4.69) is 44.3 Å². The predicted molar refractivity (Wildman–Crippen MR) is 111 cm³/mol. The Morgan fingerprint density at radius 3 is 2.82 bits per heavy atom. The standard InChI is InChI=1S/C25H33NO2/c1-16(15-17-5-4-14-28-17)19-7-8-20-18-6-9-22-25(3,13-11-23(27)26-22)21(18)10-12-24(19,20)2/h4-5,11,13-15,18-22H,6-10,12H2,1-3H3,(H,26,27)/b16-15+/t18-,19+,20-,21-,22+,24+,25+/m0/s1. The molecule has 28 heavy (non-hydrogen) atoms. The summed E-state index contributed by atoms with van der Waals surface area (Å²) in [4.78, 5) is 11.9. The third kappa shape index (κ3) is 2.58. The number of hydrogen-bond donors (Lipinski definition) is 1. The minimum atomic E-state index is 0.0983. The number of carbonyl (C=O) groups excluding carboxylic acids is 1. The van der Waals surface area contributed by atoms with E-state index in [1.54, 1.807) is 12.3 Å².